The van der Waals surface area contributed by atoms with E-state index in [1.807, 2.05) is 104 Å². The van der Waals surface area contributed by atoms with Gasteiger partial charge in [-0.1, -0.05) is 98.8 Å². The van der Waals surface area contributed by atoms with E-state index >= 15 is 0 Å². The lowest BCUT2D eigenvalue weighted by atomic mass is 9.97. The van der Waals surface area contributed by atoms with Crippen LogP contribution in [0, 0.1) is 6.92 Å². The fourth-order valence-electron chi connectivity index (χ4n) is 13.8. The van der Waals surface area contributed by atoms with E-state index in [1.54, 1.807) is 13.1 Å². The Morgan fingerprint density at radius 2 is 0.808 bits per heavy atom. The first-order valence-corrected chi connectivity index (χ1v) is 34.4. The minimum absolute atomic E-state index is 0.0798. The van der Waals surface area contributed by atoms with Crippen molar-refractivity contribution < 1.29 is 28.8 Å². The third kappa shape index (κ3) is 17.6. The fraction of sp³-hybridized carbons (Fsp3) is 0.296. The molecule has 0 radical (unpaired) electrons. The van der Waals surface area contributed by atoms with E-state index in [1.165, 1.54) is 67.1 Å². The van der Waals surface area contributed by atoms with Gasteiger partial charge in [-0.25, -0.2) is 0 Å². The molecule has 5 aliphatic rings. The highest BCUT2D eigenvalue weighted by molar-refractivity contribution is 5.96. The van der Waals surface area contributed by atoms with E-state index in [0.717, 1.165) is 138 Å². The summed E-state index contributed by atoms with van der Waals surface area (Å²) in [6.07, 6.45) is 9.75. The number of hydrogen-bond acceptors (Lipinski definition) is 11. The van der Waals surface area contributed by atoms with E-state index < -0.39 is 0 Å². The van der Waals surface area contributed by atoms with Crippen LogP contribution in [0.25, 0.3) is 11.3 Å². The Morgan fingerprint density at radius 3 is 1.12 bits per heavy atom. The molecule has 1 unspecified atom stereocenters. The highest BCUT2D eigenvalue weighted by atomic mass is 16.2. The van der Waals surface area contributed by atoms with E-state index in [-0.39, 0.29) is 41.5 Å². The van der Waals surface area contributed by atoms with Crippen molar-refractivity contribution in [3.63, 3.8) is 0 Å². The maximum Gasteiger partial charge on any atom is 0.251 e. The number of H-pyrrole nitrogens is 1. The molecular weight excluding hydrogens is 1240 g/mol. The second-order valence-electron chi connectivity index (χ2n) is 26.6. The van der Waals surface area contributed by atoms with Gasteiger partial charge in [0.2, 0.25) is 29.5 Å². The number of primary amides is 4. The Hall–Kier alpha value is -11.0. The Labute approximate surface area is 580 Å². The number of aromatic nitrogens is 2. The Morgan fingerprint density at radius 1 is 0.465 bits per heavy atom. The molecule has 1 aromatic heterocycles. The van der Waals surface area contributed by atoms with Crippen molar-refractivity contribution in [3.05, 3.63) is 265 Å². The van der Waals surface area contributed by atoms with Crippen LogP contribution < -0.4 is 53.2 Å². The summed E-state index contributed by atoms with van der Waals surface area (Å²) in [5.41, 5.74) is 44.8. The smallest absolute Gasteiger partial charge is 0.251 e. The number of rotatable bonds is 16. The largest absolute Gasteiger partial charge is 0.367 e. The first-order chi connectivity index (χ1) is 47.8. The Balaban J connectivity index is 0.000000134. The van der Waals surface area contributed by atoms with Crippen LogP contribution in [-0.4, -0.2) is 78.9 Å². The first-order valence-electron chi connectivity index (χ1n) is 34.4. The number of nitrogens with zero attached hydrogens (tertiary/aromatic N) is 5. The highest BCUT2D eigenvalue weighted by Crippen LogP contribution is 2.35. The van der Waals surface area contributed by atoms with Crippen molar-refractivity contribution in [2.45, 2.75) is 123 Å². The van der Waals surface area contributed by atoms with Gasteiger partial charge in [0, 0.05) is 128 Å². The number of amides is 6. The van der Waals surface area contributed by atoms with Crippen LogP contribution in [0.4, 0.5) is 22.7 Å². The van der Waals surface area contributed by atoms with Crippen molar-refractivity contribution >= 4 is 58.2 Å². The van der Waals surface area contributed by atoms with Gasteiger partial charge in [0.25, 0.3) is 5.91 Å². The zero-order chi connectivity index (χ0) is 69.7. The third-order valence-electron chi connectivity index (χ3n) is 19.2. The van der Waals surface area contributed by atoms with Gasteiger partial charge in [-0.15, -0.1) is 0 Å². The van der Waals surface area contributed by atoms with Crippen LogP contribution in [0.2, 0.25) is 0 Å². The molecule has 99 heavy (non-hydrogen) atoms. The average molecular weight is 1330 g/mol. The molecule has 18 heteroatoms. The van der Waals surface area contributed by atoms with Crippen LogP contribution in [0.1, 0.15) is 177 Å². The maximum absolute atomic E-state index is 11.6. The van der Waals surface area contributed by atoms with Crippen LogP contribution in [0.3, 0.4) is 0 Å². The van der Waals surface area contributed by atoms with Gasteiger partial charge >= 0.3 is 0 Å². The van der Waals surface area contributed by atoms with Crippen molar-refractivity contribution in [3.8, 4) is 11.3 Å². The lowest BCUT2D eigenvalue weighted by molar-refractivity contribution is -0.119. The van der Waals surface area contributed by atoms with E-state index in [9.17, 15) is 28.8 Å². The molecule has 11 N–H and O–H groups in total. The quantitative estimate of drug-likeness (QED) is 0.0478. The third-order valence-corrected chi connectivity index (χ3v) is 19.2. The van der Waals surface area contributed by atoms with E-state index in [4.69, 9.17) is 22.9 Å². The molecule has 0 aliphatic carbocycles. The van der Waals surface area contributed by atoms with Gasteiger partial charge < -0.3 is 53.2 Å². The summed E-state index contributed by atoms with van der Waals surface area (Å²) in [5, 5.41) is 12.9. The molecule has 1 fully saturated rings. The molecule has 6 amide bonds. The summed E-state index contributed by atoms with van der Waals surface area (Å²) in [4.78, 5) is 77.9. The van der Waals surface area contributed by atoms with Crippen molar-refractivity contribution in [2.24, 2.45) is 22.9 Å². The van der Waals surface area contributed by atoms with E-state index in [0.29, 0.717) is 40.2 Å². The number of nitrogens with one attached hydrogen (secondary N) is 3. The minimum atomic E-state index is -0.389. The van der Waals surface area contributed by atoms with Crippen LogP contribution in [-0.2, 0) is 56.7 Å². The van der Waals surface area contributed by atoms with Gasteiger partial charge in [0.15, 0.2) is 0 Å². The number of fused-ring (bicyclic) bond motifs is 4. The minimum Gasteiger partial charge on any atom is -0.367 e. The first kappa shape index (κ1) is 69.3. The second kappa shape index (κ2) is 31.9. The number of anilines is 4. The molecular formula is C81H90N12O6. The van der Waals surface area contributed by atoms with Gasteiger partial charge in [0.1, 0.15) is 0 Å². The van der Waals surface area contributed by atoms with Crippen molar-refractivity contribution in [1.82, 2.24) is 20.8 Å². The summed E-state index contributed by atoms with van der Waals surface area (Å²) in [6, 6.07) is 58.8. The van der Waals surface area contributed by atoms with Gasteiger partial charge in [-0.05, 0) is 217 Å². The number of carbonyl (C=O) groups is 6. The summed E-state index contributed by atoms with van der Waals surface area (Å²) >= 11 is 0. The molecule has 8 aromatic carbocycles. The zero-order valence-electron chi connectivity index (χ0n) is 57.1. The molecule has 9 aromatic rings. The Bertz CT molecular complexity index is 4370. The molecule has 510 valence electrons. The summed E-state index contributed by atoms with van der Waals surface area (Å²) < 4.78 is 0. The molecule has 1 saturated heterocycles. The number of carbonyl (C=O) groups excluding carboxylic acids is 6. The second-order valence-corrected chi connectivity index (χ2v) is 26.6. The molecule has 0 spiro atoms. The molecule has 0 saturated carbocycles. The topological polar surface area (TPSA) is 272 Å². The number of hydrogen-bond donors (Lipinski definition) is 7. The molecule has 5 aliphatic heterocycles. The van der Waals surface area contributed by atoms with Gasteiger partial charge in [0.05, 0.1) is 11.7 Å². The number of aromatic amines is 1. The maximum atomic E-state index is 11.6. The molecule has 0 bridgehead atoms. The summed E-state index contributed by atoms with van der Waals surface area (Å²) in [5.74, 6) is -0.863. The van der Waals surface area contributed by atoms with E-state index in [2.05, 4.69) is 127 Å². The highest BCUT2D eigenvalue weighted by Gasteiger charge is 2.25. The standard InChI is InChI=1S/C21H22N4O.C21H23N3O2.C20H24N2O.C19H21N3O2/c1-14-11-19(24-23-14)16-6-4-15(5-7-16)13-25-10-2-3-17-12-18(21(22)26)8-9-20(17)25;22-21(26)17-7-9-19-16(12-17)2-1-11-24(19)13-14-3-5-15(6-4-14)18-8-10-20(25)23-18;1-14(2)16-7-5-15(6-8-16)13-22-11-3-4-17-12-18(20(21)23)9-10-19(17)22;1-21-19(24)14-6-4-13(5-7-14)12-22-10-2-3-15-11-16(18(20)23)8-9-17(15)22/h4-9,11-12H,2-3,10,13H2,1H3,(H2,22,26)(H,23,24);3-7,9,12,18H,1-2,8,10-11,13H2,(H2,22,26)(H,23,25);5-10,12,14H,3-4,11,13H2,1-2H3,(H2,21,23);4-9,11H,2-3,10,12H2,1H3,(H2,20,23)(H,21,24). The summed E-state index contributed by atoms with van der Waals surface area (Å²) in [6.45, 7) is 13.8. The van der Waals surface area contributed by atoms with Crippen LogP contribution in [0.15, 0.2) is 176 Å². The Kier molecular flexibility index (Phi) is 22.3. The number of aryl methyl sites for hydroxylation is 5. The van der Waals surface area contributed by atoms with Gasteiger partial charge in [-0.2, -0.15) is 5.10 Å². The predicted octanol–water partition coefficient (Wildman–Crippen LogP) is 12.1. The fourth-order valence-corrected chi connectivity index (χ4v) is 13.8. The molecule has 14 rings (SSSR count). The van der Waals surface area contributed by atoms with Crippen molar-refractivity contribution in [2.75, 3.05) is 52.8 Å². The van der Waals surface area contributed by atoms with Crippen LogP contribution in [0.5, 0.6) is 0 Å². The average Bonchev–Trinajstić information content (AvgIpc) is 1.35. The monoisotopic (exact) mass is 1330 g/mol. The SMILES string of the molecule is CC(C)c1ccc(CN2CCCc3cc(C(N)=O)ccc32)cc1.CNC(=O)c1ccc(CN2CCCc3cc(C(N)=O)ccc32)cc1.Cc1cc(-c2ccc(CN3CCCc4cc(C(N)=O)ccc43)cc2)n[nH]1.NC(=O)c1ccc2c(c1)CCCN2Cc1ccc(C2CCC(=O)N2)cc1. The number of nitrogens with two attached hydrogens (primary N) is 4. The predicted molar refractivity (Wildman–Crippen MR) is 393 cm³/mol. The lowest BCUT2D eigenvalue weighted by Gasteiger charge is -2.31. The number of benzene rings is 8. The molecule has 18 nitrogen and oxygen atoms in total. The van der Waals surface area contributed by atoms with Crippen molar-refractivity contribution in [1.29, 1.82) is 0 Å². The molecule has 6 heterocycles. The van der Waals surface area contributed by atoms with Gasteiger partial charge in [-0.3, -0.25) is 33.9 Å². The zero-order valence-corrected chi connectivity index (χ0v) is 57.1. The normalized spacial score (nSPS) is 15.0. The summed E-state index contributed by atoms with van der Waals surface area (Å²) in [7, 11) is 1.63. The lowest BCUT2D eigenvalue weighted by Crippen LogP contribution is -2.29. The molecule has 1 atom stereocenters. The van der Waals surface area contributed by atoms with Crippen LogP contribution >= 0.6 is 0 Å².